The molecule has 6 heteroatoms. The third kappa shape index (κ3) is 4.68. The van der Waals surface area contributed by atoms with E-state index in [0.717, 1.165) is 5.56 Å². The number of halogens is 1. The molecule has 0 saturated heterocycles. The monoisotopic (exact) mass is 370 g/mol. The zero-order chi connectivity index (χ0) is 17.6. The second-order valence-corrected chi connectivity index (χ2v) is 6.68. The number of carbonyl (C=O) groups excluding carboxylic acids is 2. The topological polar surface area (TPSA) is 58.2 Å². The molecular formula is C19H15ClN2O2S. The highest BCUT2D eigenvalue weighted by Gasteiger charge is 2.09. The van der Waals surface area contributed by atoms with Crippen molar-refractivity contribution >= 4 is 46.1 Å². The van der Waals surface area contributed by atoms with E-state index in [4.69, 9.17) is 11.6 Å². The number of hydrogen-bond acceptors (Lipinski definition) is 3. The Hall–Kier alpha value is -2.63. The van der Waals surface area contributed by atoms with E-state index in [1.807, 2.05) is 29.6 Å². The van der Waals surface area contributed by atoms with Crippen molar-refractivity contribution in [1.82, 2.24) is 0 Å². The summed E-state index contributed by atoms with van der Waals surface area (Å²) in [5.41, 5.74) is 2.00. The van der Waals surface area contributed by atoms with E-state index in [-0.39, 0.29) is 18.2 Å². The second kappa shape index (κ2) is 7.96. The van der Waals surface area contributed by atoms with E-state index in [0.29, 0.717) is 21.3 Å². The van der Waals surface area contributed by atoms with Gasteiger partial charge in [0.05, 0.1) is 11.3 Å². The average Bonchev–Trinajstić information content (AvgIpc) is 3.12. The molecule has 1 heterocycles. The highest BCUT2D eigenvalue weighted by molar-refractivity contribution is 7.12. The van der Waals surface area contributed by atoms with Crippen LogP contribution < -0.4 is 10.6 Å². The third-order valence-electron chi connectivity index (χ3n) is 3.46. The molecule has 4 nitrogen and oxygen atoms in total. The van der Waals surface area contributed by atoms with E-state index in [2.05, 4.69) is 10.6 Å². The molecule has 1 aromatic heterocycles. The van der Waals surface area contributed by atoms with Gasteiger partial charge >= 0.3 is 0 Å². The second-order valence-electron chi connectivity index (χ2n) is 5.33. The van der Waals surface area contributed by atoms with Gasteiger partial charge in [-0.05, 0) is 41.3 Å². The molecule has 3 rings (SSSR count). The maximum Gasteiger partial charge on any atom is 0.265 e. The molecule has 0 saturated carbocycles. The normalized spacial score (nSPS) is 10.3. The van der Waals surface area contributed by atoms with E-state index >= 15 is 0 Å². The summed E-state index contributed by atoms with van der Waals surface area (Å²) >= 11 is 7.45. The van der Waals surface area contributed by atoms with Crippen molar-refractivity contribution in [2.24, 2.45) is 0 Å². The van der Waals surface area contributed by atoms with Crippen LogP contribution in [0.15, 0.2) is 66.0 Å². The van der Waals surface area contributed by atoms with Crippen LogP contribution in [0.1, 0.15) is 15.2 Å². The van der Waals surface area contributed by atoms with Crippen LogP contribution in [0.5, 0.6) is 0 Å². The number of amides is 2. The van der Waals surface area contributed by atoms with Gasteiger partial charge in [0.1, 0.15) is 0 Å². The Morgan fingerprint density at radius 2 is 1.68 bits per heavy atom. The Balaban J connectivity index is 1.64. The van der Waals surface area contributed by atoms with E-state index in [1.165, 1.54) is 11.3 Å². The van der Waals surface area contributed by atoms with Crippen molar-refractivity contribution in [1.29, 1.82) is 0 Å². The SMILES string of the molecule is O=C(Cc1ccccc1Cl)Nc1cccc(NC(=O)c2cccs2)c1. The zero-order valence-electron chi connectivity index (χ0n) is 13.2. The summed E-state index contributed by atoms with van der Waals surface area (Å²) in [4.78, 5) is 24.9. The van der Waals surface area contributed by atoms with Gasteiger partial charge < -0.3 is 10.6 Å². The minimum absolute atomic E-state index is 0.171. The van der Waals surface area contributed by atoms with Gasteiger partial charge in [0.15, 0.2) is 0 Å². The van der Waals surface area contributed by atoms with E-state index in [9.17, 15) is 9.59 Å². The fourth-order valence-electron chi connectivity index (χ4n) is 2.30. The van der Waals surface area contributed by atoms with Crippen LogP contribution in [0.25, 0.3) is 0 Å². The minimum Gasteiger partial charge on any atom is -0.326 e. The standard InChI is InChI=1S/C19H15ClN2O2S/c20-16-8-2-1-5-13(16)11-18(23)21-14-6-3-7-15(12-14)22-19(24)17-9-4-10-25-17/h1-10,12H,11H2,(H,21,23)(H,22,24). The maximum atomic E-state index is 12.2. The molecule has 0 aliphatic carbocycles. The number of anilines is 2. The van der Waals surface area contributed by atoms with Crippen LogP contribution in [-0.2, 0) is 11.2 Å². The van der Waals surface area contributed by atoms with Crippen molar-refractivity contribution in [3.63, 3.8) is 0 Å². The molecule has 2 N–H and O–H groups in total. The van der Waals surface area contributed by atoms with Gasteiger partial charge in [-0.1, -0.05) is 41.9 Å². The first-order valence-corrected chi connectivity index (χ1v) is 8.86. The largest absolute Gasteiger partial charge is 0.326 e. The van der Waals surface area contributed by atoms with Crippen LogP contribution in [0.3, 0.4) is 0 Å². The van der Waals surface area contributed by atoms with Gasteiger partial charge in [0.25, 0.3) is 5.91 Å². The van der Waals surface area contributed by atoms with Crippen LogP contribution in [0.2, 0.25) is 5.02 Å². The number of nitrogens with one attached hydrogen (secondary N) is 2. The Labute approximate surface area is 154 Å². The summed E-state index contributed by atoms with van der Waals surface area (Å²) in [6.07, 6.45) is 0.186. The molecule has 0 fully saturated rings. The van der Waals surface area contributed by atoms with Crippen molar-refractivity contribution < 1.29 is 9.59 Å². The highest BCUT2D eigenvalue weighted by Crippen LogP contribution is 2.19. The van der Waals surface area contributed by atoms with Crippen molar-refractivity contribution in [2.75, 3.05) is 10.6 Å². The van der Waals surface area contributed by atoms with Crippen molar-refractivity contribution in [3.8, 4) is 0 Å². The van der Waals surface area contributed by atoms with E-state index in [1.54, 1.807) is 36.4 Å². The molecule has 0 radical (unpaired) electrons. The smallest absolute Gasteiger partial charge is 0.265 e. The Morgan fingerprint density at radius 1 is 0.920 bits per heavy atom. The summed E-state index contributed by atoms with van der Waals surface area (Å²) < 4.78 is 0. The fourth-order valence-corrected chi connectivity index (χ4v) is 3.12. The molecule has 0 atom stereocenters. The third-order valence-corrected chi connectivity index (χ3v) is 4.70. The van der Waals surface area contributed by atoms with Crippen LogP contribution in [-0.4, -0.2) is 11.8 Å². The van der Waals surface area contributed by atoms with Crippen molar-refractivity contribution in [2.45, 2.75) is 6.42 Å². The lowest BCUT2D eigenvalue weighted by Gasteiger charge is -2.09. The molecule has 126 valence electrons. The lowest BCUT2D eigenvalue weighted by molar-refractivity contribution is -0.115. The minimum atomic E-state index is -0.172. The Bertz CT molecular complexity index is 894. The summed E-state index contributed by atoms with van der Waals surface area (Å²) in [5.74, 6) is -0.343. The quantitative estimate of drug-likeness (QED) is 0.675. The molecule has 0 spiro atoms. The number of benzene rings is 2. The number of hydrogen-bond donors (Lipinski definition) is 2. The molecule has 2 amide bonds. The summed E-state index contributed by atoms with van der Waals surface area (Å²) in [6, 6.07) is 17.9. The van der Waals surface area contributed by atoms with Crippen LogP contribution in [0.4, 0.5) is 11.4 Å². The van der Waals surface area contributed by atoms with Crippen molar-refractivity contribution in [3.05, 3.63) is 81.5 Å². The Morgan fingerprint density at radius 3 is 2.40 bits per heavy atom. The molecule has 0 aliphatic rings. The number of rotatable bonds is 5. The van der Waals surface area contributed by atoms with Gasteiger partial charge in [-0.15, -0.1) is 11.3 Å². The first kappa shape index (κ1) is 17.2. The first-order valence-electron chi connectivity index (χ1n) is 7.60. The van der Waals surface area contributed by atoms with Gasteiger partial charge in [0, 0.05) is 16.4 Å². The Kier molecular flexibility index (Phi) is 5.48. The summed E-state index contributed by atoms with van der Waals surface area (Å²) in [7, 11) is 0. The lowest BCUT2D eigenvalue weighted by atomic mass is 10.1. The van der Waals surface area contributed by atoms with Crippen LogP contribution in [0, 0.1) is 0 Å². The van der Waals surface area contributed by atoms with Gasteiger partial charge in [-0.3, -0.25) is 9.59 Å². The maximum absolute atomic E-state index is 12.2. The van der Waals surface area contributed by atoms with Crippen LogP contribution >= 0.6 is 22.9 Å². The molecular weight excluding hydrogens is 356 g/mol. The predicted octanol–water partition coefficient (Wildman–Crippen LogP) is 4.84. The lowest BCUT2D eigenvalue weighted by Crippen LogP contribution is -2.15. The number of thiophene rings is 1. The van der Waals surface area contributed by atoms with E-state index < -0.39 is 0 Å². The molecule has 0 bridgehead atoms. The molecule has 0 unspecified atom stereocenters. The molecule has 3 aromatic rings. The number of carbonyl (C=O) groups is 2. The summed E-state index contributed by atoms with van der Waals surface area (Å²) in [5, 5.41) is 8.05. The highest BCUT2D eigenvalue weighted by atomic mass is 35.5. The molecule has 2 aromatic carbocycles. The summed E-state index contributed by atoms with van der Waals surface area (Å²) in [6.45, 7) is 0. The molecule has 0 aliphatic heterocycles. The van der Waals surface area contributed by atoms with Gasteiger partial charge in [-0.25, -0.2) is 0 Å². The predicted molar refractivity (Wildman–Crippen MR) is 102 cm³/mol. The first-order chi connectivity index (χ1) is 12.1. The van der Waals surface area contributed by atoms with Gasteiger partial charge in [0.2, 0.25) is 5.91 Å². The average molecular weight is 371 g/mol. The molecule has 25 heavy (non-hydrogen) atoms. The van der Waals surface area contributed by atoms with Gasteiger partial charge in [-0.2, -0.15) is 0 Å². The fraction of sp³-hybridized carbons (Fsp3) is 0.0526. The zero-order valence-corrected chi connectivity index (χ0v) is 14.7.